The molecule has 0 saturated carbocycles. The normalized spacial score (nSPS) is 21.8. The number of methoxy groups -OCH3 is 2. The number of unbranched alkanes of at least 4 members (excludes halogenated alkanes) is 1. The Hall–Kier alpha value is -1.01. The Labute approximate surface area is 158 Å². The van der Waals surface area contributed by atoms with Gasteiger partial charge in [-0.05, 0) is 55.4 Å². The topological polar surface area (TPSA) is 47.6 Å². The van der Waals surface area contributed by atoms with Gasteiger partial charge in [0.05, 0.1) is 20.3 Å². The van der Waals surface area contributed by atoms with Gasteiger partial charge in [0.2, 0.25) is 5.91 Å². The number of hydrogen-bond acceptors (Lipinski definition) is 5. The van der Waals surface area contributed by atoms with Gasteiger partial charge in [-0.15, -0.1) is 0 Å². The number of carbonyl (C=O) groups excluding carboxylic acids is 1. The zero-order chi connectivity index (χ0) is 17.6. The summed E-state index contributed by atoms with van der Waals surface area (Å²) in [5.74, 6) is 2.94. The molecule has 0 bridgehead atoms. The van der Waals surface area contributed by atoms with Crippen molar-refractivity contribution in [2.45, 2.75) is 56.2 Å². The summed E-state index contributed by atoms with van der Waals surface area (Å²) in [4.78, 5) is 12.3. The lowest BCUT2D eigenvalue weighted by molar-refractivity contribution is -0.121. The molecule has 25 heavy (non-hydrogen) atoms. The molecule has 0 radical (unpaired) electrons. The number of nitrogens with one attached hydrogen (secondary N) is 1. The van der Waals surface area contributed by atoms with Crippen molar-refractivity contribution in [1.82, 2.24) is 5.32 Å². The van der Waals surface area contributed by atoms with E-state index in [-0.39, 0.29) is 11.9 Å². The van der Waals surface area contributed by atoms with Crippen LogP contribution in [0.2, 0.25) is 0 Å². The summed E-state index contributed by atoms with van der Waals surface area (Å²) in [6.07, 6.45) is 7.26. The molecular formula is C19H27NO3S2. The number of hydrogen-bond donors (Lipinski definition) is 1. The summed E-state index contributed by atoms with van der Waals surface area (Å²) < 4.78 is 10.8. The van der Waals surface area contributed by atoms with Crippen molar-refractivity contribution >= 4 is 27.5 Å². The van der Waals surface area contributed by atoms with Crippen LogP contribution in [-0.4, -0.2) is 31.1 Å². The highest BCUT2D eigenvalue weighted by atomic mass is 33.1. The van der Waals surface area contributed by atoms with Crippen LogP contribution in [0.15, 0.2) is 12.1 Å². The third-order valence-electron chi connectivity index (χ3n) is 4.97. The Morgan fingerprint density at radius 2 is 2.00 bits per heavy atom. The highest BCUT2D eigenvalue weighted by Gasteiger charge is 2.26. The van der Waals surface area contributed by atoms with Crippen LogP contribution in [0.1, 0.15) is 55.7 Å². The molecule has 2 atom stereocenters. The molecule has 1 aliphatic heterocycles. The fourth-order valence-electron chi connectivity index (χ4n) is 3.57. The van der Waals surface area contributed by atoms with Gasteiger partial charge in [-0.25, -0.2) is 0 Å². The highest BCUT2D eigenvalue weighted by molar-refractivity contribution is 8.77. The number of amides is 1. The summed E-state index contributed by atoms with van der Waals surface area (Å²) in [7, 11) is 7.31. The van der Waals surface area contributed by atoms with Crippen molar-refractivity contribution in [2.24, 2.45) is 0 Å². The van der Waals surface area contributed by atoms with E-state index in [4.69, 9.17) is 9.47 Å². The first kappa shape index (κ1) is 18.8. The van der Waals surface area contributed by atoms with Gasteiger partial charge >= 0.3 is 0 Å². The number of benzene rings is 1. The van der Waals surface area contributed by atoms with Crippen LogP contribution in [0.5, 0.6) is 11.5 Å². The second-order valence-electron chi connectivity index (χ2n) is 6.64. The van der Waals surface area contributed by atoms with E-state index in [1.165, 1.54) is 29.7 Å². The molecule has 3 rings (SSSR count). The molecule has 6 heteroatoms. The number of ether oxygens (including phenoxy) is 2. The van der Waals surface area contributed by atoms with Gasteiger partial charge in [-0.3, -0.25) is 4.79 Å². The van der Waals surface area contributed by atoms with E-state index in [1.807, 2.05) is 33.7 Å². The van der Waals surface area contributed by atoms with Crippen LogP contribution in [0.4, 0.5) is 0 Å². The summed E-state index contributed by atoms with van der Waals surface area (Å²) in [5, 5.41) is 4.01. The molecule has 138 valence electrons. The van der Waals surface area contributed by atoms with E-state index < -0.39 is 0 Å². The summed E-state index contributed by atoms with van der Waals surface area (Å²) in [6.45, 7) is 0. The molecule has 4 nitrogen and oxygen atoms in total. The SMILES string of the molecule is COc1cc2c(cc1OC)[C@@H](NC(=O)CCCC[C@@H]1CCSS1)CC2. The Morgan fingerprint density at radius 1 is 1.20 bits per heavy atom. The largest absolute Gasteiger partial charge is 0.493 e. The van der Waals surface area contributed by atoms with E-state index in [1.54, 1.807) is 14.2 Å². The van der Waals surface area contributed by atoms with E-state index in [0.29, 0.717) is 6.42 Å². The van der Waals surface area contributed by atoms with Crippen LogP contribution >= 0.6 is 21.6 Å². The van der Waals surface area contributed by atoms with Crippen molar-refractivity contribution in [2.75, 3.05) is 20.0 Å². The molecule has 1 aliphatic carbocycles. The van der Waals surface area contributed by atoms with E-state index in [0.717, 1.165) is 42.4 Å². The standard InChI is InChI=1S/C19H27NO3S2/c1-22-17-11-13-7-8-16(15(13)12-18(17)23-2)20-19(21)6-4-3-5-14-9-10-24-25-14/h11-12,14,16H,3-10H2,1-2H3,(H,20,21)/t14-,16+/m1/s1. The van der Waals surface area contributed by atoms with Crippen LogP contribution in [0.3, 0.4) is 0 Å². The molecule has 0 aromatic heterocycles. The summed E-state index contributed by atoms with van der Waals surface area (Å²) in [6, 6.07) is 4.16. The first-order chi connectivity index (χ1) is 12.2. The van der Waals surface area contributed by atoms with Gasteiger partial charge in [0.25, 0.3) is 0 Å². The van der Waals surface area contributed by atoms with Gasteiger partial charge in [-0.1, -0.05) is 28.0 Å². The van der Waals surface area contributed by atoms with E-state index in [2.05, 4.69) is 5.32 Å². The number of fused-ring (bicyclic) bond motifs is 1. The monoisotopic (exact) mass is 381 g/mol. The maximum Gasteiger partial charge on any atom is 0.220 e. The number of aryl methyl sites for hydroxylation is 1. The van der Waals surface area contributed by atoms with Crippen molar-refractivity contribution in [3.8, 4) is 11.5 Å². The van der Waals surface area contributed by atoms with E-state index >= 15 is 0 Å². The molecule has 1 saturated heterocycles. The van der Waals surface area contributed by atoms with Gasteiger partial charge in [-0.2, -0.15) is 0 Å². The Morgan fingerprint density at radius 3 is 2.72 bits per heavy atom. The van der Waals surface area contributed by atoms with Crippen molar-refractivity contribution in [1.29, 1.82) is 0 Å². The molecule has 2 aliphatic rings. The first-order valence-electron chi connectivity index (χ1n) is 9.03. The van der Waals surface area contributed by atoms with E-state index in [9.17, 15) is 4.79 Å². The van der Waals surface area contributed by atoms with Gasteiger partial charge in [0.1, 0.15) is 0 Å². The molecule has 1 N–H and O–H groups in total. The Kier molecular flexibility index (Phi) is 6.82. The van der Waals surface area contributed by atoms with Crippen LogP contribution < -0.4 is 14.8 Å². The smallest absolute Gasteiger partial charge is 0.220 e. The average molecular weight is 382 g/mol. The number of rotatable bonds is 8. The third-order valence-corrected chi connectivity index (χ3v) is 7.97. The second kappa shape index (κ2) is 9.08. The lowest BCUT2D eigenvalue weighted by atomic mass is 10.1. The Bertz CT molecular complexity index is 603. The predicted molar refractivity (Wildman–Crippen MR) is 106 cm³/mol. The quantitative estimate of drug-likeness (QED) is 0.530. The van der Waals surface area contributed by atoms with Gasteiger partial charge < -0.3 is 14.8 Å². The molecule has 1 aromatic carbocycles. The summed E-state index contributed by atoms with van der Waals surface area (Å²) in [5.41, 5.74) is 2.42. The molecule has 1 heterocycles. The fourth-order valence-corrected chi connectivity index (χ4v) is 6.60. The first-order valence-corrected chi connectivity index (χ1v) is 11.4. The minimum Gasteiger partial charge on any atom is -0.493 e. The van der Waals surface area contributed by atoms with Crippen LogP contribution in [0.25, 0.3) is 0 Å². The lowest BCUT2D eigenvalue weighted by Gasteiger charge is -2.16. The molecule has 1 aromatic rings. The van der Waals surface area contributed by atoms with Gasteiger partial charge in [0.15, 0.2) is 11.5 Å². The lowest BCUT2D eigenvalue weighted by Crippen LogP contribution is -2.26. The molecule has 1 amide bonds. The molecular weight excluding hydrogens is 354 g/mol. The maximum absolute atomic E-state index is 12.3. The van der Waals surface area contributed by atoms with Crippen molar-refractivity contribution in [3.05, 3.63) is 23.3 Å². The fraction of sp³-hybridized carbons (Fsp3) is 0.632. The van der Waals surface area contributed by atoms with Crippen LogP contribution in [0, 0.1) is 0 Å². The third kappa shape index (κ3) is 4.79. The highest BCUT2D eigenvalue weighted by Crippen LogP contribution is 2.40. The number of carbonyl (C=O) groups is 1. The molecule has 1 fully saturated rings. The zero-order valence-corrected chi connectivity index (χ0v) is 16.6. The minimum atomic E-state index is 0.101. The van der Waals surface area contributed by atoms with Crippen LogP contribution in [-0.2, 0) is 11.2 Å². The average Bonchev–Trinajstić information content (AvgIpc) is 3.27. The predicted octanol–water partition coefficient (Wildman–Crippen LogP) is 4.52. The van der Waals surface area contributed by atoms with Gasteiger partial charge in [0, 0.05) is 17.4 Å². The second-order valence-corrected chi connectivity index (χ2v) is 9.43. The molecule has 0 unspecified atom stereocenters. The summed E-state index contributed by atoms with van der Waals surface area (Å²) >= 11 is 0. The zero-order valence-electron chi connectivity index (χ0n) is 15.0. The molecule has 0 spiro atoms. The minimum absolute atomic E-state index is 0.101. The Balaban J connectivity index is 1.48. The van der Waals surface area contributed by atoms with Crippen molar-refractivity contribution in [3.63, 3.8) is 0 Å². The van der Waals surface area contributed by atoms with Crippen molar-refractivity contribution < 1.29 is 14.3 Å². The maximum atomic E-state index is 12.3.